The van der Waals surface area contributed by atoms with Gasteiger partial charge in [0.25, 0.3) is 0 Å². The average molecular weight is 434 g/mol. The summed E-state index contributed by atoms with van der Waals surface area (Å²) in [4.78, 5) is 20.9. The van der Waals surface area contributed by atoms with Gasteiger partial charge in [-0.15, -0.1) is 13.2 Å². The molecule has 1 atom stereocenters. The number of amidine groups is 1. The number of fused-ring (bicyclic) bond motifs is 1. The number of alkyl halides is 3. The lowest BCUT2D eigenvalue weighted by atomic mass is 10.1. The van der Waals surface area contributed by atoms with E-state index < -0.39 is 12.1 Å². The van der Waals surface area contributed by atoms with E-state index in [0.717, 1.165) is 0 Å². The number of hydrogen-bond acceptors (Lipinski definition) is 5. The van der Waals surface area contributed by atoms with Crippen LogP contribution in [0.3, 0.4) is 0 Å². The molecule has 1 unspecified atom stereocenters. The Morgan fingerprint density at radius 3 is 2.52 bits per heavy atom. The van der Waals surface area contributed by atoms with Crippen LogP contribution in [0.4, 0.5) is 13.2 Å². The normalized spacial score (nSPS) is 13.3. The molecule has 1 N–H and O–H groups in total. The number of halogens is 3. The Morgan fingerprint density at radius 1 is 1.23 bits per heavy atom. The molecule has 0 aliphatic rings. The first-order valence-electron chi connectivity index (χ1n) is 9.52. The van der Waals surface area contributed by atoms with Crippen LogP contribution < -0.4 is 10.5 Å². The standard InChI is InChI=1S/C21H21F3N4O3/c1-12(2)10-26-18(25)13(3)11-28-19-17(30-20(28)29)9-8-16(27-19)14-4-6-15(7-5-14)31-21(22,23)24/h4-10,12-13,25H,11H2,1-3H3/b25-18?,26-10-. The Labute approximate surface area is 175 Å². The van der Waals surface area contributed by atoms with Crippen molar-refractivity contribution in [2.45, 2.75) is 33.7 Å². The van der Waals surface area contributed by atoms with Gasteiger partial charge in [-0.25, -0.2) is 14.8 Å². The second-order valence-corrected chi connectivity index (χ2v) is 7.38. The predicted octanol–water partition coefficient (Wildman–Crippen LogP) is 4.90. The van der Waals surface area contributed by atoms with Gasteiger partial charge in [0.15, 0.2) is 11.2 Å². The van der Waals surface area contributed by atoms with Gasteiger partial charge in [-0.05, 0) is 42.3 Å². The Bertz CT molecular complexity index is 1160. The molecule has 0 aliphatic heterocycles. The van der Waals surface area contributed by atoms with Gasteiger partial charge >= 0.3 is 12.1 Å². The van der Waals surface area contributed by atoms with E-state index in [9.17, 15) is 18.0 Å². The summed E-state index contributed by atoms with van der Waals surface area (Å²) >= 11 is 0. The maximum atomic E-state index is 12.3. The molecule has 10 heteroatoms. The van der Waals surface area contributed by atoms with Gasteiger partial charge in [-0.1, -0.05) is 20.8 Å². The molecule has 1 aromatic carbocycles. The summed E-state index contributed by atoms with van der Waals surface area (Å²) in [6, 6.07) is 8.43. The second kappa shape index (κ2) is 8.75. The van der Waals surface area contributed by atoms with Crippen LogP contribution >= 0.6 is 0 Å². The smallest absolute Gasteiger partial charge is 0.406 e. The lowest BCUT2D eigenvalue weighted by Crippen LogP contribution is -2.23. The highest BCUT2D eigenvalue weighted by Gasteiger charge is 2.31. The highest BCUT2D eigenvalue weighted by Crippen LogP contribution is 2.27. The lowest BCUT2D eigenvalue weighted by molar-refractivity contribution is -0.274. The van der Waals surface area contributed by atoms with Crippen molar-refractivity contribution in [3.05, 3.63) is 46.9 Å². The molecule has 0 fully saturated rings. The van der Waals surface area contributed by atoms with E-state index in [-0.39, 0.29) is 41.2 Å². The van der Waals surface area contributed by atoms with Gasteiger partial charge < -0.3 is 9.15 Å². The molecule has 0 amide bonds. The van der Waals surface area contributed by atoms with Gasteiger partial charge in [0, 0.05) is 24.2 Å². The van der Waals surface area contributed by atoms with Gasteiger partial charge in [0.1, 0.15) is 11.6 Å². The van der Waals surface area contributed by atoms with E-state index in [4.69, 9.17) is 9.83 Å². The summed E-state index contributed by atoms with van der Waals surface area (Å²) < 4.78 is 47.4. The molecule has 0 bridgehead atoms. The fourth-order valence-corrected chi connectivity index (χ4v) is 2.81. The van der Waals surface area contributed by atoms with Crippen molar-refractivity contribution in [3.63, 3.8) is 0 Å². The zero-order chi connectivity index (χ0) is 22.8. The summed E-state index contributed by atoms with van der Waals surface area (Å²) in [5.74, 6) is -0.987. The topological polar surface area (TPSA) is 93.5 Å². The Morgan fingerprint density at radius 2 is 1.90 bits per heavy atom. The predicted molar refractivity (Wildman–Crippen MR) is 111 cm³/mol. The Balaban J connectivity index is 1.89. The maximum Gasteiger partial charge on any atom is 0.573 e. The molecule has 2 aromatic heterocycles. The molecule has 164 valence electrons. The van der Waals surface area contributed by atoms with Crippen molar-refractivity contribution in [1.29, 1.82) is 5.41 Å². The third kappa shape index (κ3) is 5.59. The van der Waals surface area contributed by atoms with Crippen LogP contribution in [0.2, 0.25) is 0 Å². The third-order valence-electron chi connectivity index (χ3n) is 4.33. The van der Waals surface area contributed by atoms with E-state index in [1.807, 2.05) is 13.8 Å². The fourth-order valence-electron chi connectivity index (χ4n) is 2.81. The highest BCUT2D eigenvalue weighted by molar-refractivity contribution is 5.89. The molecule has 0 saturated carbocycles. The molecular formula is C21H21F3N4O3. The van der Waals surface area contributed by atoms with Crippen LogP contribution in [0.5, 0.6) is 5.75 Å². The molecule has 2 heterocycles. The number of rotatable bonds is 6. The molecular weight excluding hydrogens is 413 g/mol. The number of oxazole rings is 1. The summed E-state index contributed by atoms with van der Waals surface area (Å²) in [5, 5.41) is 8.07. The van der Waals surface area contributed by atoms with Crippen LogP contribution in [0.15, 0.2) is 50.6 Å². The number of ether oxygens (including phenoxy) is 1. The number of benzene rings is 1. The first kappa shape index (κ1) is 22.3. The minimum atomic E-state index is -4.77. The summed E-state index contributed by atoms with van der Waals surface area (Å²) in [6.07, 6.45) is -3.10. The number of pyridine rings is 1. The zero-order valence-electron chi connectivity index (χ0n) is 17.1. The highest BCUT2D eigenvalue weighted by atomic mass is 19.4. The van der Waals surface area contributed by atoms with E-state index in [0.29, 0.717) is 11.3 Å². The number of hydrogen-bond donors (Lipinski definition) is 1. The monoisotopic (exact) mass is 434 g/mol. The maximum absolute atomic E-state index is 12.3. The fraction of sp³-hybridized carbons (Fsp3) is 0.333. The van der Waals surface area contributed by atoms with E-state index in [1.54, 1.807) is 25.3 Å². The van der Waals surface area contributed by atoms with E-state index in [1.165, 1.54) is 28.8 Å². The van der Waals surface area contributed by atoms with Crippen molar-refractivity contribution in [1.82, 2.24) is 9.55 Å². The van der Waals surface area contributed by atoms with Crippen molar-refractivity contribution >= 4 is 23.3 Å². The third-order valence-corrected chi connectivity index (χ3v) is 4.33. The van der Waals surface area contributed by atoms with Crippen LogP contribution in [-0.4, -0.2) is 28.0 Å². The number of nitrogens with zero attached hydrogens (tertiary/aromatic N) is 3. The molecule has 0 aliphatic carbocycles. The minimum Gasteiger partial charge on any atom is -0.406 e. The number of nitrogens with one attached hydrogen (secondary N) is 1. The lowest BCUT2D eigenvalue weighted by Gasteiger charge is -2.11. The van der Waals surface area contributed by atoms with Gasteiger partial charge in [0.2, 0.25) is 0 Å². The summed E-state index contributed by atoms with van der Waals surface area (Å²) in [6.45, 7) is 5.81. The Kier molecular flexibility index (Phi) is 6.28. The van der Waals surface area contributed by atoms with Crippen molar-refractivity contribution in [2.75, 3.05) is 0 Å². The van der Waals surface area contributed by atoms with Crippen LogP contribution in [-0.2, 0) is 6.54 Å². The SMILES string of the molecule is CC(C)/C=N\C(=N)C(C)Cn1c(=O)oc2ccc(-c3ccc(OC(F)(F)F)cc3)nc21. The van der Waals surface area contributed by atoms with Gasteiger partial charge in [0.05, 0.1) is 5.69 Å². The first-order chi connectivity index (χ1) is 14.5. The van der Waals surface area contributed by atoms with Crippen molar-refractivity contribution < 1.29 is 22.3 Å². The van der Waals surface area contributed by atoms with Crippen LogP contribution in [0, 0.1) is 17.2 Å². The van der Waals surface area contributed by atoms with E-state index in [2.05, 4.69) is 14.7 Å². The van der Waals surface area contributed by atoms with Gasteiger partial charge in [-0.3, -0.25) is 9.98 Å². The molecule has 0 saturated heterocycles. The van der Waals surface area contributed by atoms with E-state index >= 15 is 0 Å². The second-order valence-electron chi connectivity index (χ2n) is 7.38. The molecule has 3 aromatic rings. The minimum absolute atomic E-state index is 0.131. The zero-order valence-corrected chi connectivity index (χ0v) is 17.1. The largest absolute Gasteiger partial charge is 0.573 e. The Hall–Kier alpha value is -3.43. The number of aromatic nitrogens is 2. The summed E-state index contributed by atoms with van der Waals surface area (Å²) in [5.41, 5.74) is 1.54. The van der Waals surface area contributed by atoms with Crippen molar-refractivity contribution in [2.24, 2.45) is 16.8 Å². The molecule has 0 spiro atoms. The number of aliphatic imine (C=N–C) groups is 1. The van der Waals surface area contributed by atoms with Crippen LogP contribution in [0.25, 0.3) is 22.5 Å². The molecule has 31 heavy (non-hydrogen) atoms. The van der Waals surface area contributed by atoms with Crippen molar-refractivity contribution in [3.8, 4) is 17.0 Å². The molecule has 3 rings (SSSR count). The van der Waals surface area contributed by atoms with Crippen LogP contribution in [0.1, 0.15) is 20.8 Å². The van der Waals surface area contributed by atoms with Gasteiger partial charge in [-0.2, -0.15) is 0 Å². The summed E-state index contributed by atoms with van der Waals surface area (Å²) in [7, 11) is 0. The average Bonchev–Trinajstić information content (AvgIpc) is 3.00. The first-order valence-corrected chi connectivity index (χ1v) is 9.52. The molecule has 7 nitrogen and oxygen atoms in total. The quantitative estimate of drug-likeness (QED) is 0.441. The molecule has 0 radical (unpaired) electrons.